The normalized spacial score (nSPS) is 15.9. The van der Waals surface area contributed by atoms with E-state index >= 15 is 0 Å². The molecule has 4 heterocycles. The van der Waals surface area contributed by atoms with E-state index in [0.29, 0.717) is 22.3 Å². The smallest absolute Gasteiger partial charge is 0.261 e. The van der Waals surface area contributed by atoms with Gasteiger partial charge in [-0.2, -0.15) is 0 Å². The number of pyridine rings is 1. The Balaban J connectivity index is 1.47. The molecule has 0 atom stereocenters. The number of fused-ring (bicyclic) bond motifs is 1. The van der Waals surface area contributed by atoms with Crippen LogP contribution in [0.4, 0.5) is 11.1 Å². The van der Waals surface area contributed by atoms with Gasteiger partial charge in [0.25, 0.3) is 5.91 Å². The molecule has 1 aliphatic heterocycles. The minimum absolute atomic E-state index is 0.226. The van der Waals surface area contributed by atoms with Crippen molar-refractivity contribution < 1.29 is 4.79 Å². The maximum absolute atomic E-state index is 13.1. The average Bonchev–Trinajstić information content (AvgIpc) is 3.43. The molecule has 0 spiro atoms. The Kier molecular flexibility index (Phi) is 4.93. The number of aromatic nitrogens is 4. The van der Waals surface area contributed by atoms with Crippen LogP contribution in [0.3, 0.4) is 0 Å². The Morgan fingerprint density at radius 3 is 2.62 bits per heavy atom. The lowest BCUT2D eigenvalue weighted by Gasteiger charge is -2.17. The summed E-state index contributed by atoms with van der Waals surface area (Å²) in [5.74, 6) is 0.450. The number of nitrogens with one attached hydrogen (secondary N) is 1. The fraction of sp³-hybridized carbons (Fsp3) is 0.381. The van der Waals surface area contributed by atoms with E-state index in [1.165, 1.54) is 17.7 Å². The first-order chi connectivity index (χ1) is 14.3. The standard InChI is InChI=1S/C21H22N6OS/c28-19(26-21-24-16-5-1-2-6-17(16)29-21)15-13-23-20(27-11-3-4-12-27)25-18(15)14-7-9-22-10-8-14/h7-10,13H,1-6,11-12H2,(H,24,26,28). The minimum atomic E-state index is -0.226. The van der Waals surface area contributed by atoms with E-state index in [-0.39, 0.29) is 5.91 Å². The molecule has 0 radical (unpaired) electrons. The van der Waals surface area contributed by atoms with E-state index < -0.39 is 0 Å². The maximum atomic E-state index is 13.1. The van der Waals surface area contributed by atoms with E-state index in [2.05, 4.69) is 25.2 Å². The van der Waals surface area contributed by atoms with Crippen molar-refractivity contribution in [3.8, 4) is 11.3 Å². The molecule has 0 aromatic carbocycles. The van der Waals surface area contributed by atoms with Gasteiger partial charge in [0, 0.05) is 42.1 Å². The summed E-state index contributed by atoms with van der Waals surface area (Å²) in [6, 6.07) is 3.74. The van der Waals surface area contributed by atoms with Crippen molar-refractivity contribution >= 4 is 28.3 Å². The summed E-state index contributed by atoms with van der Waals surface area (Å²) < 4.78 is 0. The van der Waals surface area contributed by atoms with Crippen LogP contribution in [-0.2, 0) is 12.8 Å². The van der Waals surface area contributed by atoms with Crippen molar-refractivity contribution in [2.45, 2.75) is 38.5 Å². The van der Waals surface area contributed by atoms with Crippen LogP contribution in [0.1, 0.15) is 46.6 Å². The zero-order valence-electron chi connectivity index (χ0n) is 16.1. The molecule has 1 saturated heterocycles. The fourth-order valence-electron chi connectivity index (χ4n) is 3.91. The van der Waals surface area contributed by atoms with Crippen LogP contribution in [0.25, 0.3) is 11.3 Å². The second-order valence-corrected chi connectivity index (χ2v) is 8.50. The number of thiazole rings is 1. The van der Waals surface area contributed by atoms with Gasteiger partial charge in [-0.15, -0.1) is 11.3 Å². The van der Waals surface area contributed by atoms with Crippen molar-refractivity contribution in [3.05, 3.63) is 46.9 Å². The van der Waals surface area contributed by atoms with Crippen LogP contribution < -0.4 is 10.2 Å². The summed E-state index contributed by atoms with van der Waals surface area (Å²) in [4.78, 5) is 34.5. The van der Waals surface area contributed by atoms with Crippen LogP contribution >= 0.6 is 11.3 Å². The van der Waals surface area contributed by atoms with Crippen LogP contribution in [0.15, 0.2) is 30.7 Å². The number of nitrogens with zero attached hydrogens (tertiary/aromatic N) is 5. The molecule has 3 aromatic rings. The third-order valence-electron chi connectivity index (χ3n) is 5.43. The topological polar surface area (TPSA) is 83.9 Å². The first kappa shape index (κ1) is 18.2. The number of rotatable bonds is 4. The zero-order valence-corrected chi connectivity index (χ0v) is 16.9. The van der Waals surface area contributed by atoms with Gasteiger partial charge in [-0.25, -0.2) is 15.0 Å². The first-order valence-electron chi connectivity index (χ1n) is 10.1. The molecule has 29 heavy (non-hydrogen) atoms. The molecule has 0 unspecified atom stereocenters. The number of carbonyl (C=O) groups excluding carboxylic acids is 1. The molecular weight excluding hydrogens is 384 g/mol. The highest BCUT2D eigenvalue weighted by Gasteiger charge is 2.22. The van der Waals surface area contributed by atoms with E-state index in [9.17, 15) is 4.79 Å². The summed E-state index contributed by atoms with van der Waals surface area (Å²) in [5.41, 5.74) is 3.06. The summed E-state index contributed by atoms with van der Waals surface area (Å²) in [5, 5.41) is 3.63. The van der Waals surface area contributed by atoms with Gasteiger partial charge in [0.05, 0.1) is 17.0 Å². The molecule has 5 rings (SSSR count). The number of carbonyl (C=O) groups is 1. The van der Waals surface area contributed by atoms with Crippen LogP contribution in [0.2, 0.25) is 0 Å². The second-order valence-electron chi connectivity index (χ2n) is 7.41. The highest BCUT2D eigenvalue weighted by atomic mass is 32.1. The lowest BCUT2D eigenvalue weighted by atomic mass is 10.0. The number of aryl methyl sites for hydroxylation is 2. The van der Waals surface area contributed by atoms with Gasteiger partial charge < -0.3 is 4.90 Å². The molecule has 8 heteroatoms. The molecule has 1 N–H and O–H groups in total. The Bertz CT molecular complexity index is 1010. The molecule has 0 saturated carbocycles. The Hall–Kier alpha value is -2.87. The third kappa shape index (κ3) is 3.72. The quantitative estimate of drug-likeness (QED) is 0.711. The zero-order chi connectivity index (χ0) is 19.6. The summed E-state index contributed by atoms with van der Waals surface area (Å²) in [7, 11) is 0. The highest BCUT2D eigenvalue weighted by molar-refractivity contribution is 7.15. The predicted molar refractivity (Wildman–Crippen MR) is 113 cm³/mol. The van der Waals surface area contributed by atoms with Crippen molar-refractivity contribution in [3.63, 3.8) is 0 Å². The number of amides is 1. The van der Waals surface area contributed by atoms with E-state index in [4.69, 9.17) is 4.98 Å². The van der Waals surface area contributed by atoms with Crippen molar-refractivity contribution in [1.29, 1.82) is 0 Å². The average molecular weight is 407 g/mol. The van der Waals surface area contributed by atoms with Gasteiger partial charge >= 0.3 is 0 Å². The molecule has 2 aliphatic rings. The molecule has 1 aliphatic carbocycles. The highest BCUT2D eigenvalue weighted by Crippen LogP contribution is 2.31. The van der Waals surface area contributed by atoms with Gasteiger partial charge in [0.1, 0.15) is 0 Å². The number of hydrogen-bond acceptors (Lipinski definition) is 7. The fourth-order valence-corrected chi connectivity index (χ4v) is 4.95. The number of hydrogen-bond donors (Lipinski definition) is 1. The minimum Gasteiger partial charge on any atom is -0.341 e. The van der Waals surface area contributed by atoms with Gasteiger partial charge in [0.2, 0.25) is 5.95 Å². The SMILES string of the molecule is O=C(Nc1nc2c(s1)CCCC2)c1cnc(N2CCCC2)nc1-c1ccncc1. The van der Waals surface area contributed by atoms with Gasteiger partial charge in [0.15, 0.2) is 5.13 Å². The summed E-state index contributed by atoms with van der Waals surface area (Å²) >= 11 is 1.58. The Morgan fingerprint density at radius 1 is 1.03 bits per heavy atom. The lowest BCUT2D eigenvalue weighted by molar-refractivity contribution is 0.102. The van der Waals surface area contributed by atoms with Crippen LogP contribution in [0.5, 0.6) is 0 Å². The summed E-state index contributed by atoms with van der Waals surface area (Å²) in [6.07, 6.45) is 11.8. The number of anilines is 2. The molecule has 1 amide bonds. The summed E-state index contributed by atoms with van der Waals surface area (Å²) in [6.45, 7) is 1.90. The van der Waals surface area contributed by atoms with Gasteiger partial charge in [-0.05, 0) is 50.7 Å². The van der Waals surface area contributed by atoms with E-state index in [1.54, 1.807) is 29.9 Å². The van der Waals surface area contributed by atoms with Crippen molar-refractivity contribution in [1.82, 2.24) is 19.9 Å². The maximum Gasteiger partial charge on any atom is 0.261 e. The molecule has 3 aromatic heterocycles. The monoisotopic (exact) mass is 406 g/mol. The van der Waals surface area contributed by atoms with Crippen LogP contribution in [0, 0.1) is 0 Å². The lowest BCUT2D eigenvalue weighted by Crippen LogP contribution is -2.22. The van der Waals surface area contributed by atoms with Gasteiger partial charge in [-0.3, -0.25) is 15.1 Å². The molecular formula is C21H22N6OS. The van der Waals surface area contributed by atoms with E-state index in [0.717, 1.165) is 50.0 Å². The van der Waals surface area contributed by atoms with Gasteiger partial charge in [-0.1, -0.05) is 0 Å². The Morgan fingerprint density at radius 2 is 1.83 bits per heavy atom. The van der Waals surface area contributed by atoms with E-state index in [1.807, 2.05) is 12.1 Å². The van der Waals surface area contributed by atoms with Crippen molar-refractivity contribution in [2.24, 2.45) is 0 Å². The molecule has 0 bridgehead atoms. The molecule has 148 valence electrons. The molecule has 1 fully saturated rings. The van der Waals surface area contributed by atoms with Crippen molar-refractivity contribution in [2.75, 3.05) is 23.3 Å². The second kappa shape index (κ2) is 7.87. The third-order valence-corrected chi connectivity index (χ3v) is 6.50. The van der Waals surface area contributed by atoms with Crippen LogP contribution in [-0.4, -0.2) is 38.9 Å². The largest absolute Gasteiger partial charge is 0.341 e. The Labute approximate surface area is 173 Å². The first-order valence-corrected chi connectivity index (χ1v) is 10.9. The molecule has 7 nitrogen and oxygen atoms in total. The predicted octanol–water partition coefficient (Wildman–Crippen LogP) is 3.73.